The molecule has 1 fully saturated rings. The van der Waals surface area contributed by atoms with E-state index >= 15 is 0 Å². The van der Waals surface area contributed by atoms with Crippen LogP contribution in [0.25, 0.3) is 10.9 Å². The van der Waals surface area contributed by atoms with Gasteiger partial charge in [-0.15, -0.1) is 6.42 Å². The lowest BCUT2D eigenvalue weighted by molar-refractivity contribution is -0.180. The quantitative estimate of drug-likeness (QED) is 0.492. The Morgan fingerprint density at radius 1 is 1.32 bits per heavy atom. The molecule has 0 amide bonds. The van der Waals surface area contributed by atoms with Crippen LogP contribution < -0.4 is 10.9 Å². The van der Waals surface area contributed by atoms with Crippen LogP contribution in [0.2, 0.25) is 0 Å². The Hall–Kier alpha value is -2.37. The third kappa shape index (κ3) is 3.25. The van der Waals surface area contributed by atoms with E-state index in [0.29, 0.717) is 11.2 Å². The van der Waals surface area contributed by atoms with Crippen molar-refractivity contribution in [2.45, 2.75) is 37.4 Å². The van der Waals surface area contributed by atoms with Gasteiger partial charge < -0.3 is 30.4 Å². The first-order valence-corrected chi connectivity index (χ1v) is 7.97. The van der Waals surface area contributed by atoms with Crippen LogP contribution in [0.15, 0.2) is 29.1 Å². The molecule has 1 aromatic heterocycles. The molecule has 132 valence electrons. The summed E-state index contributed by atoms with van der Waals surface area (Å²) >= 11 is 0. The van der Waals surface area contributed by atoms with Crippen molar-refractivity contribution in [3.05, 3.63) is 40.2 Å². The van der Waals surface area contributed by atoms with E-state index in [2.05, 4.69) is 16.2 Å². The number of aromatic nitrogens is 1. The van der Waals surface area contributed by atoms with Gasteiger partial charge in [-0.3, -0.25) is 4.79 Å². The topological polar surface area (TPSA) is 115 Å². The minimum atomic E-state index is -1.20. The smallest absolute Gasteiger partial charge is 0.264 e. The Balaban J connectivity index is 1.87. The fourth-order valence-electron chi connectivity index (χ4n) is 3.10. The minimum absolute atomic E-state index is 0.260. The van der Waals surface area contributed by atoms with Gasteiger partial charge in [-0.05, 0) is 30.5 Å². The van der Waals surface area contributed by atoms with Crippen molar-refractivity contribution < 1.29 is 20.1 Å². The number of benzene rings is 1. The maximum absolute atomic E-state index is 11.8. The van der Waals surface area contributed by atoms with Crippen LogP contribution in [0.3, 0.4) is 0 Å². The van der Waals surface area contributed by atoms with Crippen molar-refractivity contribution in [3.63, 3.8) is 0 Å². The number of terminal acetylenes is 1. The Morgan fingerprint density at radius 3 is 2.76 bits per heavy atom. The number of aliphatic hydroxyl groups excluding tert-OH is 3. The van der Waals surface area contributed by atoms with Gasteiger partial charge in [0.05, 0.1) is 29.8 Å². The molecule has 5 N–H and O–H groups in total. The first-order chi connectivity index (χ1) is 11.9. The molecule has 1 aliphatic rings. The van der Waals surface area contributed by atoms with E-state index in [0.717, 1.165) is 5.39 Å². The third-order valence-corrected chi connectivity index (χ3v) is 4.51. The molecule has 5 unspecified atom stereocenters. The number of hydrogen-bond acceptors (Lipinski definition) is 6. The highest BCUT2D eigenvalue weighted by Crippen LogP contribution is 2.25. The molecule has 0 bridgehead atoms. The first kappa shape index (κ1) is 17.5. The summed E-state index contributed by atoms with van der Waals surface area (Å²) in [6.07, 6.45) is 1.73. The standard InChI is InChI=1S/C18H20N2O5/c1-3-10-6-11-4-5-12(7-13(11)20-18(10)24)19-15-9(2)25-14(8-21)16(22)17(15)23/h1,4-7,9,14-17,19,21-23H,8H2,2H3,(H,20,24). The molecule has 3 rings (SSSR count). The molecule has 7 heteroatoms. The predicted molar refractivity (Wildman–Crippen MR) is 93.3 cm³/mol. The predicted octanol–water partition coefficient (Wildman–Crippen LogP) is -0.209. The molecule has 2 heterocycles. The maximum atomic E-state index is 11.8. The Bertz CT molecular complexity index is 872. The zero-order chi connectivity index (χ0) is 18.1. The molecule has 0 saturated carbocycles. The molecular weight excluding hydrogens is 324 g/mol. The van der Waals surface area contributed by atoms with Gasteiger partial charge in [0.1, 0.15) is 18.3 Å². The second-order valence-corrected chi connectivity index (χ2v) is 6.17. The number of hydrogen-bond donors (Lipinski definition) is 5. The van der Waals surface area contributed by atoms with Crippen LogP contribution in [-0.4, -0.2) is 57.4 Å². The van der Waals surface area contributed by atoms with Crippen molar-refractivity contribution in [3.8, 4) is 12.3 Å². The number of nitrogens with one attached hydrogen (secondary N) is 2. The van der Waals surface area contributed by atoms with Crippen molar-refractivity contribution in [1.82, 2.24) is 4.98 Å². The van der Waals surface area contributed by atoms with E-state index in [1.54, 1.807) is 31.2 Å². The summed E-state index contributed by atoms with van der Waals surface area (Å²) in [5, 5.41) is 33.4. The minimum Gasteiger partial charge on any atom is -0.394 e. The number of aromatic amines is 1. The molecule has 25 heavy (non-hydrogen) atoms. The van der Waals surface area contributed by atoms with Crippen LogP contribution in [0.4, 0.5) is 5.69 Å². The highest BCUT2D eigenvalue weighted by molar-refractivity contribution is 5.83. The van der Waals surface area contributed by atoms with Crippen LogP contribution in [0, 0.1) is 12.3 Å². The van der Waals surface area contributed by atoms with E-state index < -0.39 is 30.5 Å². The summed E-state index contributed by atoms with van der Waals surface area (Å²) in [7, 11) is 0. The molecule has 0 spiro atoms. The summed E-state index contributed by atoms with van der Waals surface area (Å²) in [4.78, 5) is 14.6. The summed E-state index contributed by atoms with van der Waals surface area (Å²) in [6.45, 7) is 1.38. The van der Waals surface area contributed by atoms with Crippen molar-refractivity contribution >= 4 is 16.6 Å². The van der Waals surface area contributed by atoms with E-state index in [-0.39, 0.29) is 17.7 Å². The number of rotatable bonds is 3. The lowest BCUT2D eigenvalue weighted by Gasteiger charge is -2.41. The van der Waals surface area contributed by atoms with Gasteiger partial charge in [-0.2, -0.15) is 0 Å². The van der Waals surface area contributed by atoms with Crippen LogP contribution in [0.5, 0.6) is 0 Å². The zero-order valence-electron chi connectivity index (χ0n) is 13.6. The largest absolute Gasteiger partial charge is 0.394 e. The van der Waals surface area contributed by atoms with Gasteiger partial charge in [0.2, 0.25) is 0 Å². The van der Waals surface area contributed by atoms with Crippen LogP contribution in [-0.2, 0) is 4.74 Å². The Morgan fingerprint density at radius 2 is 2.08 bits per heavy atom. The summed E-state index contributed by atoms with van der Waals surface area (Å²) in [5.41, 5.74) is 1.16. The lowest BCUT2D eigenvalue weighted by atomic mass is 9.93. The van der Waals surface area contributed by atoms with E-state index in [9.17, 15) is 20.1 Å². The Labute approximate surface area is 144 Å². The highest BCUT2D eigenvalue weighted by Gasteiger charge is 2.42. The molecule has 2 aromatic rings. The molecule has 0 aliphatic carbocycles. The van der Waals surface area contributed by atoms with E-state index in [4.69, 9.17) is 11.2 Å². The summed E-state index contributed by atoms with van der Waals surface area (Å²) < 4.78 is 5.54. The van der Waals surface area contributed by atoms with E-state index in [1.165, 1.54) is 0 Å². The van der Waals surface area contributed by atoms with Crippen molar-refractivity contribution in [2.24, 2.45) is 0 Å². The highest BCUT2D eigenvalue weighted by atomic mass is 16.5. The normalized spacial score (nSPS) is 29.3. The molecule has 5 atom stereocenters. The number of ether oxygens (including phenoxy) is 1. The number of H-pyrrole nitrogens is 1. The van der Waals surface area contributed by atoms with Gasteiger partial charge >= 0.3 is 0 Å². The summed E-state index contributed by atoms with van der Waals surface area (Å²) in [6, 6.07) is 6.36. The fraction of sp³-hybridized carbons (Fsp3) is 0.389. The van der Waals surface area contributed by atoms with Crippen LogP contribution >= 0.6 is 0 Å². The number of pyridine rings is 1. The molecule has 1 aliphatic heterocycles. The molecular formula is C18H20N2O5. The van der Waals surface area contributed by atoms with Crippen molar-refractivity contribution in [1.29, 1.82) is 0 Å². The fourth-order valence-corrected chi connectivity index (χ4v) is 3.10. The SMILES string of the molecule is C#Cc1cc2ccc(NC3C(C)OC(CO)C(O)C3O)cc2[nH]c1=O. The summed E-state index contributed by atoms with van der Waals surface area (Å²) in [5.74, 6) is 2.34. The third-order valence-electron chi connectivity index (χ3n) is 4.51. The number of anilines is 1. The average molecular weight is 344 g/mol. The zero-order valence-corrected chi connectivity index (χ0v) is 13.6. The first-order valence-electron chi connectivity index (χ1n) is 7.97. The van der Waals surface area contributed by atoms with Gasteiger partial charge in [0.25, 0.3) is 5.56 Å². The maximum Gasteiger partial charge on any atom is 0.264 e. The molecule has 7 nitrogen and oxygen atoms in total. The molecule has 1 saturated heterocycles. The Kier molecular flexibility index (Phi) is 4.79. The lowest BCUT2D eigenvalue weighted by Crippen LogP contribution is -2.60. The van der Waals surface area contributed by atoms with E-state index in [1.807, 2.05) is 0 Å². The van der Waals surface area contributed by atoms with Gasteiger partial charge in [0, 0.05) is 5.69 Å². The monoisotopic (exact) mass is 344 g/mol. The second kappa shape index (κ2) is 6.86. The average Bonchev–Trinajstić information content (AvgIpc) is 2.61. The number of aliphatic hydroxyl groups is 3. The van der Waals surface area contributed by atoms with Crippen molar-refractivity contribution in [2.75, 3.05) is 11.9 Å². The number of fused-ring (bicyclic) bond motifs is 1. The molecule has 1 aromatic carbocycles. The van der Waals surface area contributed by atoms with Gasteiger partial charge in [-0.1, -0.05) is 12.0 Å². The van der Waals surface area contributed by atoms with Gasteiger partial charge in [-0.25, -0.2) is 0 Å². The second-order valence-electron chi connectivity index (χ2n) is 6.17. The molecule has 0 radical (unpaired) electrons. The van der Waals surface area contributed by atoms with Crippen LogP contribution in [0.1, 0.15) is 12.5 Å². The van der Waals surface area contributed by atoms with Gasteiger partial charge in [0.15, 0.2) is 0 Å².